The van der Waals surface area contributed by atoms with Gasteiger partial charge in [0, 0.05) is 18.7 Å². The molecule has 3 N–H and O–H groups in total. The molecule has 1 aromatic carbocycles. The number of carbonyl (C=O) groups excluding carboxylic acids is 1. The minimum atomic E-state index is -3.74. The fourth-order valence-corrected chi connectivity index (χ4v) is 4.00. The molecule has 1 saturated heterocycles. The van der Waals surface area contributed by atoms with E-state index in [4.69, 9.17) is 10.5 Å². The number of primary amides is 1. The number of nitrogens with two attached hydrogens (primary N) is 1. The van der Waals surface area contributed by atoms with Gasteiger partial charge in [-0.1, -0.05) is 18.2 Å². The van der Waals surface area contributed by atoms with Crippen molar-refractivity contribution in [1.82, 2.24) is 19.7 Å². The Bertz CT molecular complexity index is 826. The number of aromatic nitrogens is 3. The van der Waals surface area contributed by atoms with Crippen LogP contribution in [0.2, 0.25) is 0 Å². The molecule has 0 saturated carbocycles. The molecular formula is C13H15N5O4S. The number of nitrogens with zero attached hydrogens (tertiary/aromatic N) is 3. The molecule has 1 fully saturated rings. The van der Waals surface area contributed by atoms with Gasteiger partial charge in [0.15, 0.2) is 5.69 Å². The minimum absolute atomic E-state index is 0.0540. The number of morpholine rings is 1. The Hall–Kier alpha value is -2.30. The highest BCUT2D eigenvalue weighted by atomic mass is 32.2. The Kier molecular flexibility index (Phi) is 4.11. The normalized spacial score (nSPS) is 16.3. The van der Waals surface area contributed by atoms with Gasteiger partial charge in [-0.2, -0.15) is 19.7 Å². The van der Waals surface area contributed by atoms with Gasteiger partial charge in [-0.05, 0) is 6.07 Å². The SMILES string of the molecule is NC(=O)c1n[nH]nc1-c1ccccc1S(=O)(=O)N1CCOCC1. The van der Waals surface area contributed by atoms with Crippen molar-refractivity contribution in [3.05, 3.63) is 30.0 Å². The molecule has 1 aromatic heterocycles. The zero-order valence-corrected chi connectivity index (χ0v) is 12.9. The molecule has 0 atom stereocenters. The van der Waals surface area contributed by atoms with Crippen molar-refractivity contribution in [2.45, 2.75) is 4.90 Å². The second-order valence-electron chi connectivity index (χ2n) is 4.90. The second-order valence-corrected chi connectivity index (χ2v) is 6.80. The molecule has 0 spiro atoms. The average molecular weight is 337 g/mol. The van der Waals surface area contributed by atoms with E-state index in [1.165, 1.54) is 10.4 Å². The number of nitrogens with one attached hydrogen (secondary N) is 1. The average Bonchev–Trinajstić information content (AvgIpc) is 3.05. The molecule has 2 aromatic rings. The number of hydrogen-bond acceptors (Lipinski definition) is 6. The Balaban J connectivity index is 2.11. The molecule has 122 valence electrons. The molecule has 0 unspecified atom stereocenters. The van der Waals surface area contributed by atoms with Gasteiger partial charge in [-0.15, -0.1) is 0 Å². The number of ether oxygens (including phenoxy) is 1. The van der Waals surface area contributed by atoms with Crippen LogP contribution in [-0.4, -0.2) is 60.3 Å². The first kappa shape index (κ1) is 15.6. The lowest BCUT2D eigenvalue weighted by molar-refractivity contribution is 0.0730. The van der Waals surface area contributed by atoms with Crippen LogP contribution < -0.4 is 5.73 Å². The van der Waals surface area contributed by atoms with E-state index in [9.17, 15) is 13.2 Å². The fraction of sp³-hybridized carbons (Fsp3) is 0.308. The van der Waals surface area contributed by atoms with Crippen LogP contribution in [0.5, 0.6) is 0 Å². The van der Waals surface area contributed by atoms with Gasteiger partial charge < -0.3 is 10.5 Å². The molecule has 9 nitrogen and oxygen atoms in total. The summed E-state index contributed by atoms with van der Waals surface area (Å²) in [5.74, 6) is -0.785. The van der Waals surface area contributed by atoms with E-state index in [-0.39, 0.29) is 34.9 Å². The third kappa shape index (κ3) is 2.83. The predicted octanol–water partition coefficient (Wildman–Crippen LogP) is -0.409. The smallest absolute Gasteiger partial charge is 0.271 e. The van der Waals surface area contributed by atoms with E-state index in [0.717, 1.165) is 0 Å². The summed E-state index contributed by atoms with van der Waals surface area (Å²) in [6.45, 7) is 1.24. The fourth-order valence-electron chi connectivity index (χ4n) is 2.40. The Morgan fingerprint density at radius 1 is 1.22 bits per heavy atom. The number of aromatic amines is 1. The number of amides is 1. The summed E-state index contributed by atoms with van der Waals surface area (Å²) < 4.78 is 32.3. The molecule has 10 heteroatoms. The summed E-state index contributed by atoms with van der Waals surface area (Å²) in [5, 5.41) is 9.88. The largest absolute Gasteiger partial charge is 0.379 e. The number of H-pyrrole nitrogens is 1. The highest BCUT2D eigenvalue weighted by Crippen LogP contribution is 2.29. The highest BCUT2D eigenvalue weighted by molar-refractivity contribution is 7.89. The number of sulfonamides is 1. The number of rotatable bonds is 4. The summed E-state index contributed by atoms with van der Waals surface area (Å²) >= 11 is 0. The van der Waals surface area contributed by atoms with Crippen molar-refractivity contribution >= 4 is 15.9 Å². The summed E-state index contributed by atoms with van der Waals surface area (Å²) in [6, 6.07) is 6.31. The third-order valence-electron chi connectivity index (χ3n) is 3.51. The van der Waals surface area contributed by atoms with Crippen molar-refractivity contribution in [2.75, 3.05) is 26.3 Å². The van der Waals surface area contributed by atoms with Crippen molar-refractivity contribution < 1.29 is 17.9 Å². The van der Waals surface area contributed by atoms with E-state index in [1.807, 2.05) is 0 Å². The van der Waals surface area contributed by atoms with Crippen LogP contribution in [0.15, 0.2) is 29.2 Å². The van der Waals surface area contributed by atoms with Crippen molar-refractivity contribution in [3.63, 3.8) is 0 Å². The Labute approximate surface area is 132 Å². The van der Waals surface area contributed by atoms with E-state index < -0.39 is 15.9 Å². The van der Waals surface area contributed by atoms with Gasteiger partial charge in [0.2, 0.25) is 10.0 Å². The molecule has 23 heavy (non-hydrogen) atoms. The summed E-state index contributed by atoms with van der Waals surface area (Å²) in [5.41, 5.74) is 5.55. The summed E-state index contributed by atoms with van der Waals surface area (Å²) in [6.07, 6.45) is 0. The quantitative estimate of drug-likeness (QED) is 0.780. The molecule has 0 radical (unpaired) electrons. The first-order valence-electron chi connectivity index (χ1n) is 6.89. The molecule has 1 aliphatic heterocycles. The standard InChI is InChI=1S/C13H15N5O4S/c14-13(19)12-11(15-17-16-12)9-3-1-2-4-10(9)23(20,21)18-5-7-22-8-6-18/h1-4H,5-8H2,(H2,14,19)(H,15,16,17). The highest BCUT2D eigenvalue weighted by Gasteiger charge is 2.30. The predicted molar refractivity (Wildman–Crippen MR) is 79.9 cm³/mol. The number of carbonyl (C=O) groups is 1. The van der Waals surface area contributed by atoms with Crippen molar-refractivity contribution in [2.24, 2.45) is 5.73 Å². The molecular weight excluding hydrogens is 322 g/mol. The molecule has 1 aliphatic rings. The van der Waals surface area contributed by atoms with Gasteiger partial charge in [0.05, 0.1) is 18.1 Å². The lowest BCUT2D eigenvalue weighted by Crippen LogP contribution is -2.40. The zero-order valence-electron chi connectivity index (χ0n) is 12.1. The Morgan fingerprint density at radius 3 is 2.61 bits per heavy atom. The monoisotopic (exact) mass is 337 g/mol. The number of hydrogen-bond donors (Lipinski definition) is 2. The first-order valence-corrected chi connectivity index (χ1v) is 8.33. The summed E-state index contributed by atoms with van der Waals surface area (Å²) in [4.78, 5) is 11.5. The minimum Gasteiger partial charge on any atom is -0.379 e. The van der Waals surface area contributed by atoms with Gasteiger partial charge in [-0.3, -0.25) is 4.79 Å². The molecule has 0 bridgehead atoms. The lowest BCUT2D eigenvalue weighted by Gasteiger charge is -2.26. The van der Waals surface area contributed by atoms with Crippen LogP contribution >= 0.6 is 0 Å². The van der Waals surface area contributed by atoms with E-state index in [0.29, 0.717) is 13.2 Å². The maximum absolute atomic E-state index is 12.9. The van der Waals surface area contributed by atoms with Crippen molar-refractivity contribution in [3.8, 4) is 11.3 Å². The van der Waals surface area contributed by atoms with E-state index in [1.54, 1.807) is 18.2 Å². The molecule has 2 heterocycles. The van der Waals surface area contributed by atoms with Crippen LogP contribution in [0.25, 0.3) is 11.3 Å². The van der Waals surface area contributed by atoms with Crippen molar-refractivity contribution in [1.29, 1.82) is 0 Å². The third-order valence-corrected chi connectivity index (χ3v) is 5.47. The van der Waals surface area contributed by atoms with Crippen LogP contribution in [0, 0.1) is 0 Å². The van der Waals surface area contributed by atoms with Crippen LogP contribution in [-0.2, 0) is 14.8 Å². The van der Waals surface area contributed by atoms with Crippen LogP contribution in [0.4, 0.5) is 0 Å². The van der Waals surface area contributed by atoms with Crippen LogP contribution in [0.1, 0.15) is 10.5 Å². The zero-order chi connectivity index (χ0) is 16.4. The topological polar surface area (TPSA) is 131 Å². The van der Waals surface area contributed by atoms with Crippen LogP contribution in [0.3, 0.4) is 0 Å². The van der Waals surface area contributed by atoms with E-state index in [2.05, 4.69) is 15.4 Å². The molecule has 1 amide bonds. The summed E-state index contributed by atoms with van der Waals surface area (Å²) in [7, 11) is -3.74. The maximum Gasteiger partial charge on any atom is 0.271 e. The molecule has 0 aliphatic carbocycles. The van der Waals surface area contributed by atoms with E-state index >= 15 is 0 Å². The Morgan fingerprint density at radius 2 is 1.91 bits per heavy atom. The molecule has 3 rings (SSSR count). The first-order chi connectivity index (χ1) is 11.0. The van der Waals surface area contributed by atoms with Gasteiger partial charge in [-0.25, -0.2) is 8.42 Å². The number of benzene rings is 1. The van der Waals surface area contributed by atoms with Gasteiger partial charge >= 0.3 is 0 Å². The van der Waals surface area contributed by atoms with Gasteiger partial charge in [0.25, 0.3) is 5.91 Å². The second kappa shape index (κ2) is 6.07. The lowest BCUT2D eigenvalue weighted by atomic mass is 10.1. The maximum atomic E-state index is 12.9. The van der Waals surface area contributed by atoms with Gasteiger partial charge in [0.1, 0.15) is 5.69 Å².